The molecule has 0 bridgehead atoms. The summed E-state index contributed by atoms with van der Waals surface area (Å²) in [4.78, 5) is 22.3. The topological polar surface area (TPSA) is 99.2 Å². The Morgan fingerprint density at radius 2 is 1.97 bits per heavy atom. The molecule has 2 aromatic heterocycles. The van der Waals surface area contributed by atoms with E-state index in [1.807, 2.05) is 0 Å². The number of amides is 1. The Balaban J connectivity index is 1.54. The zero-order valence-electron chi connectivity index (χ0n) is 20.6. The largest absolute Gasteiger partial charge is 0.454 e. The van der Waals surface area contributed by atoms with Crippen molar-refractivity contribution in [3.8, 4) is 22.8 Å². The molecule has 2 aromatic carbocycles. The molecule has 12 heteroatoms. The Morgan fingerprint density at radius 1 is 1.18 bits per heavy atom. The Morgan fingerprint density at radius 3 is 2.71 bits per heavy atom. The highest BCUT2D eigenvalue weighted by molar-refractivity contribution is 6.27. The van der Waals surface area contributed by atoms with Crippen LogP contribution in [0.5, 0.6) is 11.5 Å². The summed E-state index contributed by atoms with van der Waals surface area (Å²) in [6.45, 7) is 4.18. The van der Waals surface area contributed by atoms with E-state index in [2.05, 4.69) is 15.1 Å². The van der Waals surface area contributed by atoms with Gasteiger partial charge in [-0.05, 0) is 56.0 Å². The van der Waals surface area contributed by atoms with Crippen molar-refractivity contribution in [1.82, 2.24) is 24.6 Å². The standard InChI is InChI=1S/C26H24ClF3N6O2/c1-13-8-19(29)22(30)24(14(13)2)38-16-5-6-17(18(28)9-16)23-21-25(31)32-12-33-26(21)36(34-23)15-4-3-7-35(11-15)20(37)10-27/h5-6,8-9,12,15H,3-4,7,10-11H2,1-2H3,(H2,31,32,33). The second-order valence-electron chi connectivity index (χ2n) is 9.21. The number of carbonyl (C=O) groups excluding carboxylic acids is 1. The summed E-state index contributed by atoms with van der Waals surface area (Å²) in [5.41, 5.74) is 7.78. The molecule has 8 nitrogen and oxygen atoms in total. The van der Waals surface area contributed by atoms with Gasteiger partial charge in [0.25, 0.3) is 0 Å². The van der Waals surface area contributed by atoms with Crippen molar-refractivity contribution in [3.63, 3.8) is 0 Å². The summed E-state index contributed by atoms with van der Waals surface area (Å²) in [6.07, 6.45) is 2.76. The number of fused-ring (bicyclic) bond motifs is 1. The van der Waals surface area contributed by atoms with Gasteiger partial charge in [0, 0.05) is 24.7 Å². The number of hydrogen-bond donors (Lipinski definition) is 1. The first-order valence-electron chi connectivity index (χ1n) is 11.9. The number of aromatic nitrogens is 4. The molecule has 0 radical (unpaired) electrons. The number of piperidine rings is 1. The van der Waals surface area contributed by atoms with Crippen LogP contribution in [0.2, 0.25) is 0 Å². The van der Waals surface area contributed by atoms with Crippen molar-refractivity contribution in [3.05, 3.63) is 59.2 Å². The van der Waals surface area contributed by atoms with Crippen LogP contribution in [-0.4, -0.2) is 49.5 Å². The molecule has 1 aliphatic heterocycles. The molecular weight excluding hydrogens is 521 g/mol. The van der Waals surface area contributed by atoms with Crippen LogP contribution in [0.15, 0.2) is 30.6 Å². The Kier molecular flexibility index (Phi) is 6.87. The number of halogens is 4. The van der Waals surface area contributed by atoms with Gasteiger partial charge in [-0.2, -0.15) is 9.49 Å². The lowest BCUT2D eigenvalue weighted by Gasteiger charge is -2.32. The van der Waals surface area contributed by atoms with Crippen LogP contribution >= 0.6 is 11.6 Å². The number of anilines is 1. The fraction of sp³-hybridized carbons (Fsp3) is 0.308. The highest BCUT2D eigenvalue weighted by Gasteiger charge is 2.29. The third-order valence-electron chi connectivity index (χ3n) is 6.83. The smallest absolute Gasteiger partial charge is 0.237 e. The summed E-state index contributed by atoms with van der Waals surface area (Å²) in [6, 6.07) is 4.78. The van der Waals surface area contributed by atoms with Gasteiger partial charge in [0.2, 0.25) is 11.7 Å². The Bertz CT molecular complexity index is 1530. The molecule has 0 spiro atoms. The highest BCUT2D eigenvalue weighted by Crippen LogP contribution is 2.37. The monoisotopic (exact) mass is 544 g/mol. The number of aryl methyl sites for hydroxylation is 1. The van der Waals surface area contributed by atoms with Gasteiger partial charge >= 0.3 is 0 Å². The van der Waals surface area contributed by atoms with Crippen LogP contribution in [0.4, 0.5) is 19.0 Å². The number of ether oxygens (including phenoxy) is 1. The maximum atomic E-state index is 15.5. The Hall–Kier alpha value is -3.86. The van der Waals surface area contributed by atoms with E-state index in [-0.39, 0.29) is 46.4 Å². The molecule has 1 amide bonds. The first-order chi connectivity index (χ1) is 18.2. The SMILES string of the molecule is Cc1cc(F)c(F)c(Oc2ccc(-c3nn(C4CCCN(C(=O)CCl)C4)c4ncnc(N)c34)c(F)c2)c1C. The van der Waals surface area contributed by atoms with E-state index in [1.165, 1.54) is 18.5 Å². The van der Waals surface area contributed by atoms with Crippen molar-refractivity contribution in [1.29, 1.82) is 0 Å². The van der Waals surface area contributed by atoms with E-state index in [0.717, 1.165) is 25.0 Å². The second kappa shape index (κ2) is 10.1. The van der Waals surface area contributed by atoms with Crippen LogP contribution in [-0.2, 0) is 4.79 Å². The highest BCUT2D eigenvalue weighted by atomic mass is 35.5. The van der Waals surface area contributed by atoms with Crippen LogP contribution in [0.1, 0.15) is 30.0 Å². The summed E-state index contributed by atoms with van der Waals surface area (Å²) >= 11 is 5.75. The van der Waals surface area contributed by atoms with Crippen molar-refractivity contribution in [2.75, 3.05) is 24.7 Å². The number of alkyl halides is 1. The van der Waals surface area contributed by atoms with E-state index in [4.69, 9.17) is 22.1 Å². The molecule has 198 valence electrons. The van der Waals surface area contributed by atoms with Gasteiger partial charge in [-0.1, -0.05) is 0 Å². The molecule has 1 saturated heterocycles. The van der Waals surface area contributed by atoms with Crippen molar-refractivity contribution >= 4 is 34.4 Å². The molecule has 1 atom stereocenters. The van der Waals surface area contributed by atoms with Crippen LogP contribution in [0.3, 0.4) is 0 Å². The lowest BCUT2D eigenvalue weighted by molar-refractivity contribution is -0.130. The fourth-order valence-corrected chi connectivity index (χ4v) is 4.88. The number of nitrogen functional groups attached to an aromatic ring is 1. The maximum Gasteiger partial charge on any atom is 0.237 e. The van der Waals surface area contributed by atoms with Gasteiger partial charge in [0.05, 0.1) is 11.4 Å². The van der Waals surface area contributed by atoms with Crippen LogP contribution in [0.25, 0.3) is 22.3 Å². The Labute approximate surface area is 221 Å². The average Bonchev–Trinajstić information content (AvgIpc) is 3.30. The minimum Gasteiger partial charge on any atom is -0.454 e. The zero-order valence-corrected chi connectivity index (χ0v) is 21.4. The number of carbonyl (C=O) groups is 1. The van der Waals surface area contributed by atoms with Gasteiger partial charge in [-0.3, -0.25) is 4.79 Å². The number of rotatable bonds is 5. The normalized spacial score (nSPS) is 15.7. The van der Waals surface area contributed by atoms with E-state index in [1.54, 1.807) is 23.4 Å². The maximum absolute atomic E-state index is 15.5. The molecule has 4 aromatic rings. The van der Waals surface area contributed by atoms with Gasteiger partial charge < -0.3 is 15.4 Å². The quantitative estimate of drug-likeness (QED) is 0.342. The zero-order chi connectivity index (χ0) is 27.1. The molecular formula is C26H24ClF3N6O2. The third kappa shape index (κ3) is 4.51. The molecule has 1 unspecified atom stereocenters. The molecule has 38 heavy (non-hydrogen) atoms. The first kappa shape index (κ1) is 25.8. The van der Waals surface area contributed by atoms with Gasteiger partial charge in [-0.15, -0.1) is 11.6 Å². The van der Waals surface area contributed by atoms with Gasteiger partial charge in [0.15, 0.2) is 17.2 Å². The van der Waals surface area contributed by atoms with Crippen molar-refractivity contribution in [2.45, 2.75) is 32.7 Å². The lowest BCUT2D eigenvalue weighted by atomic mass is 10.1. The fourth-order valence-electron chi connectivity index (χ4n) is 4.71. The molecule has 1 aliphatic rings. The van der Waals surface area contributed by atoms with Crippen LogP contribution in [0, 0.1) is 31.3 Å². The third-order valence-corrected chi connectivity index (χ3v) is 7.06. The van der Waals surface area contributed by atoms with E-state index < -0.39 is 17.5 Å². The van der Waals surface area contributed by atoms with Crippen molar-refractivity contribution in [2.24, 2.45) is 0 Å². The second-order valence-corrected chi connectivity index (χ2v) is 9.47. The van der Waals surface area contributed by atoms with Crippen LogP contribution < -0.4 is 10.5 Å². The summed E-state index contributed by atoms with van der Waals surface area (Å²) < 4.78 is 51.0. The number of hydrogen-bond acceptors (Lipinski definition) is 6. The predicted octanol–water partition coefficient (Wildman–Crippen LogP) is 5.30. The summed E-state index contributed by atoms with van der Waals surface area (Å²) in [5.74, 6) is -3.43. The molecule has 2 N–H and O–H groups in total. The number of nitrogens with zero attached hydrogens (tertiary/aromatic N) is 5. The predicted molar refractivity (Wildman–Crippen MR) is 137 cm³/mol. The van der Waals surface area contributed by atoms with Gasteiger partial charge in [-0.25, -0.2) is 23.4 Å². The first-order valence-corrected chi connectivity index (χ1v) is 12.5. The molecule has 3 heterocycles. The molecule has 1 fully saturated rings. The molecule has 0 saturated carbocycles. The minimum atomic E-state index is -1.15. The summed E-state index contributed by atoms with van der Waals surface area (Å²) in [7, 11) is 0. The minimum absolute atomic E-state index is 0.0197. The lowest BCUT2D eigenvalue weighted by Crippen LogP contribution is -2.41. The number of benzene rings is 2. The van der Waals surface area contributed by atoms with Gasteiger partial charge in [0.1, 0.15) is 35.3 Å². The molecule has 5 rings (SSSR count). The number of likely N-dealkylation sites (tertiary alicyclic amines) is 1. The van der Waals surface area contributed by atoms with E-state index in [0.29, 0.717) is 35.2 Å². The average molecular weight is 545 g/mol. The summed E-state index contributed by atoms with van der Waals surface area (Å²) in [5, 5.41) is 5.03. The van der Waals surface area contributed by atoms with E-state index in [9.17, 15) is 13.6 Å². The van der Waals surface area contributed by atoms with Crippen molar-refractivity contribution < 1.29 is 22.7 Å². The molecule has 0 aliphatic carbocycles. The number of nitrogens with two attached hydrogens (primary N) is 1. The van der Waals surface area contributed by atoms with E-state index >= 15 is 4.39 Å².